The molecule has 0 amide bonds. The number of nitrogens with one attached hydrogen (secondary N) is 1. The van der Waals surface area contributed by atoms with Crippen LogP contribution < -0.4 is 10.1 Å². The van der Waals surface area contributed by atoms with Gasteiger partial charge in [-0.2, -0.15) is 0 Å². The second-order valence-corrected chi connectivity index (χ2v) is 4.73. The fourth-order valence-electron chi connectivity index (χ4n) is 0.764. The molecule has 0 spiro atoms. The molecular weight excluding hydrogens is 186 g/mol. The molecule has 5 heteroatoms. The minimum atomic E-state index is -0.198. The van der Waals surface area contributed by atoms with Gasteiger partial charge in [-0.1, -0.05) is 16.4 Å². The SMILES string of the molecule is CNCc1nnc(OC(C)(C)C)s1. The van der Waals surface area contributed by atoms with E-state index in [4.69, 9.17) is 4.74 Å². The van der Waals surface area contributed by atoms with Crippen LogP contribution in [0.25, 0.3) is 0 Å². The van der Waals surface area contributed by atoms with Gasteiger partial charge in [-0.3, -0.25) is 0 Å². The van der Waals surface area contributed by atoms with E-state index in [1.165, 1.54) is 11.3 Å². The highest BCUT2D eigenvalue weighted by Crippen LogP contribution is 2.22. The monoisotopic (exact) mass is 201 g/mol. The predicted molar refractivity (Wildman–Crippen MR) is 53.1 cm³/mol. The molecule has 0 aliphatic heterocycles. The van der Waals surface area contributed by atoms with Gasteiger partial charge in [-0.05, 0) is 27.8 Å². The first kappa shape index (κ1) is 10.4. The van der Waals surface area contributed by atoms with Crippen molar-refractivity contribution >= 4 is 11.3 Å². The van der Waals surface area contributed by atoms with E-state index in [0.717, 1.165) is 11.6 Å². The number of hydrogen-bond donors (Lipinski definition) is 1. The van der Waals surface area contributed by atoms with E-state index in [1.807, 2.05) is 27.8 Å². The van der Waals surface area contributed by atoms with Gasteiger partial charge in [0, 0.05) is 6.54 Å². The largest absolute Gasteiger partial charge is 0.463 e. The van der Waals surface area contributed by atoms with E-state index in [-0.39, 0.29) is 5.60 Å². The Bertz CT molecular complexity index is 267. The van der Waals surface area contributed by atoms with Gasteiger partial charge in [0.25, 0.3) is 5.19 Å². The zero-order valence-electron chi connectivity index (χ0n) is 8.42. The van der Waals surface area contributed by atoms with Crippen LogP contribution in [0.1, 0.15) is 25.8 Å². The molecule has 13 heavy (non-hydrogen) atoms. The molecule has 0 radical (unpaired) electrons. The highest BCUT2D eigenvalue weighted by Gasteiger charge is 2.14. The standard InChI is InChI=1S/C8H15N3OS/c1-8(2,3)12-7-11-10-6(13-7)5-9-4/h9H,5H2,1-4H3. The van der Waals surface area contributed by atoms with E-state index in [0.29, 0.717) is 5.19 Å². The van der Waals surface area contributed by atoms with E-state index >= 15 is 0 Å². The summed E-state index contributed by atoms with van der Waals surface area (Å²) in [5.74, 6) is 0. The Kier molecular flexibility index (Phi) is 3.22. The molecule has 0 atom stereocenters. The Morgan fingerprint density at radius 3 is 2.62 bits per heavy atom. The van der Waals surface area contributed by atoms with Gasteiger partial charge in [-0.25, -0.2) is 0 Å². The fourth-order valence-corrected chi connectivity index (χ4v) is 1.64. The van der Waals surface area contributed by atoms with Crippen molar-refractivity contribution in [3.05, 3.63) is 5.01 Å². The minimum absolute atomic E-state index is 0.198. The molecule has 1 aromatic rings. The van der Waals surface area contributed by atoms with Crippen molar-refractivity contribution in [2.45, 2.75) is 32.9 Å². The molecule has 1 aromatic heterocycles. The zero-order chi connectivity index (χ0) is 9.90. The number of ether oxygens (including phenoxy) is 1. The molecule has 1 rings (SSSR count). The maximum Gasteiger partial charge on any atom is 0.294 e. The van der Waals surface area contributed by atoms with Crippen LogP contribution in [0.2, 0.25) is 0 Å². The third kappa shape index (κ3) is 3.69. The summed E-state index contributed by atoms with van der Waals surface area (Å²) >= 11 is 1.48. The summed E-state index contributed by atoms with van der Waals surface area (Å²) in [6.45, 7) is 6.72. The fraction of sp³-hybridized carbons (Fsp3) is 0.750. The summed E-state index contributed by atoms with van der Waals surface area (Å²) in [6.07, 6.45) is 0. The third-order valence-electron chi connectivity index (χ3n) is 1.17. The lowest BCUT2D eigenvalue weighted by molar-refractivity contribution is 0.129. The summed E-state index contributed by atoms with van der Waals surface area (Å²) in [5.41, 5.74) is -0.198. The summed E-state index contributed by atoms with van der Waals surface area (Å²) in [7, 11) is 1.88. The van der Waals surface area contributed by atoms with Gasteiger partial charge < -0.3 is 10.1 Å². The molecule has 0 saturated heterocycles. The minimum Gasteiger partial charge on any atom is -0.463 e. The maximum atomic E-state index is 5.55. The molecule has 4 nitrogen and oxygen atoms in total. The number of nitrogens with zero attached hydrogens (tertiary/aromatic N) is 2. The first-order chi connectivity index (χ1) is 6.01. The summed E-state index contributed by atoms with van der Waals surface area (Å²) in [4.78, 5) is 0. The molecule has 0 aromatic carbocycles. The highest BCUT2D eigenvalue weighted by atomic mass is 32.1. The van der Waals surface area contributed by atoms with Crippen LogP contribution in [0.3, 0.4) is 0 Å². The van der Waals surface area contributed by atoms with Crippen LogP contribution >= 0.6 is 11.3 Å². The average molecular weight is 201 g/mol. The van der Waals surface area contributed by atoms with Crippen molar-refractivity contribution in [1.29, 1.82) is 0 Å². The van der Waals surface area contributed by atoms with Gasteiger partial charge in [0.2, 0.25) is 0 Å². The summed E-state index contributed by atoms with van der Waals surface area (Å²) in [5, 5.41) is 12.5. The van der Waals surface area contributed by atoms with Gasteiger partial charge in [0.15, 0.2) is 0 Å². The van der Waals surface area contributed by atoms with E-state index in [2.05, 4.69) is 15.5 Å². The molecule has 0 saturated carbocycles. The molecule has 0 bridgehead atoms. The maximum absolute atomic E-state index is 5.55. The van der Waals surface area contributed by atoms with Crippen molar-refractivity contribution in [3.63, 3.8) is 0 Å². The smallest absolute Gasteiger partial charge is 0.294 e. The number of rotatable bonds is 3. The van der Waals surface area contributed by atoms with Crippen LogP contribution in [-0.2, 0) is 6.54 Å². The van der Waals surface area contributed by atoms with E-state index in [9.17, 15) is 0 Å². The van der Waals surface area contributed by atoms with Gasteiger partial charge >= 0.3 is 0 Å². The Balaban J connectivity index is 2.59. The quantitative estimate of drug-likeness (QED) is 0.803. The molecule has 0 unspecified atom stereocenters. The summed E-state index contributed by atoms with van der Waals surface area (Å²) < 4.78 is 5.55. The van der Waals surface area contributed by atoms with E-state index < -0.39 is 0 Å². The topological polar surface area (TPSA) is 47.0 Å². The van der Waals surface area contributed by atoms with Crippen LogP contribution in [-0.4, -0.2) is 22.8 Å². The number of hydrogen-bond acceptors (Lipinski definition) is 5. The molecule has 0 aliphatic carbocycles. The normalized spacial score (nSPS) is 11.7. The van der Waals surface area contributed by atoms with Crippen molar-refractivity contribution in [1.82, 2.24) is 15.5 Å². The van der Waals surface area contributed by atoms with Crippen LogP contribution in [0.5, 0.6) is 5.19 Å². The Labute approximate surface area is 82.3 Å². The van der Waals surface area contributed by atoms with Crippen LogP contribution in [0.4, 0.5) is 0 Å². The lowest BCUT2D eigenvalue weighted by atomic mass is 10.2. The van der Waals surface area contributed by atoms with Gasteiger partial charge in [-0.15, -0.1) is 5.10 Å². The zero-order valence-corrected chi connectivity index (χ0v) is 9.23. The van der Waals surface area contributed by atoms with Crippen molar-refractivity contribution < 1.29 is 4.74 Å². The molecule has 74 valence electrons. The first-order valence-corrected chi connectivity index (χ1v) is 4.99. The second kappa shape index (κ2) is 4.02. The van der Waals surface area contributed by atoms with Gasteiger partial charge in [0.05, 0.1) is 0 Å². The lowest BCUT2D eigenvalue weighted by Crippen LogP contribution is -2.22. The molecular formula is C8H15N3OS. The third-order valence-corrected chi connectivity index (χ3v) is 1.97. The molecule has 1 N–H and O–H groups in total. The predicted octanol–water partition coefficient (Wildman–Crippen LogP) is 1.43. The van der Waals surface area contributed by atoms with Gasteiger partial charge in [0.1, 0.15) is 10.6 Å². The second-order valence-electron chi connectivity index (χ2n) is 3.71. The molecule has 0 fully saturated rings. The van der Waals surface area contributed by atoms with Crippen LogP contribution in [0, 0.1) is 0 Å². The van der Waals surface area contributed by atoms with Crippen LogP contribution in [0.15, 0.2) is 0 Å². The Morgan fingerprint density at radius 2 is 2.08 bits per heavy atom. The Morgan fingerprint density at radius 1 is 1.38 bits per heavy atom. The molecule has 0 aliphatic rings. The van der Waals surface area contributed by atoms with Crippen molar-refractivity contribution in [2.24, 2.45) is 0 Å². The summed E-state index contributed by atoms with van der Waals surface area (Å²) in [6, 6.07) is 0. The first-order valence-electron chi connectivity index (χ1n) is 4.17. The lowest BCUT2D eigenvalue weighted by Gasteiger charge is -2.17. The average Bonchev–Trinajstić information content (AvgIpc) is 2.33. The highest BCUT2D eigenvalue weighted by molar-refractivity contribution is 7.13. The number of aromatic nitrogens is 2. The van der Waals surface area contributed by atoms with E-state index in [1.54, 1.807) is 0 Å². The van der Waals surface area contributed by atoms with Crippen molar-refractivity contribution in [2.75, 3.05) is 7.05 Å². The molecule has 1 heterocycles. The van der Waals surface area contributed by atoms with Crippen molar-refractivity contribution in [3.8, 4) is 5.19 Å². The Hall–Kier alpha value is -0.680.